The van der Waals surface area contributed by atoms with Crippen molar-refractivity contribution in [2.75, 3.05) is 18.8 Å². The third kappa shape index (κ3) is 3.79. The molecule has 6 nitrogen and oxygen atoms in total. The van der Waals surface area contributed by atoms with Gasteiger partial charge in [-0.05, 0) is 19.1 Å². The minimum Gasteiger partial charge on any atom is -0.459 e. The van der Waals surface area contributed by atoms with E-state index in [-0.39, 0.29) is 24.2 Å². The van der Waals surface area contributed by atoms with Crippen molar-refractivity contribution in [2.24, 2.45) is 0 Å². The van der Waals surface area contributed by atoms with Crippen LogP contribution in [0.3, 0.4) is 0 Å². The van der Waals surface area contributed by atoms with Crippen LogP contribution >= 0.6 is 11.8 Å². The first-order valence-electron chi connectivity index (χ1n) is 7.43. The quantitative estimate of drug-likeness (QED) is 0.784. The minimum atomic E-state index is -0.330. The molecule has 1 aromatic carbocycles. The van der Waals surface area contributed by atoms with Crippen molar-refractivity contribution in [3.8, 4) is 0 Å². The fourth-order valence-electron chi connectivity index (χ4n) is 2.34. The predicted octanol–water partition coefficient (Wildman–Crippen LogP) is 2.54. The van der Waals surface area contributed by atoms with Crippen molar-refractivity contribution in [2.45, 2.75) is 20.0 Å². The molecule has 1 aromatic heterocycles. The monoisotopic (exact) mass is 331 g/mol. The fourth-order valence-corrected chi connectivity index (χ4v) is 3.19. The van der Waals surface area contributed by atoms with Gasteiger partial charge in [0.15, 0.2) is 0 Å². The van der Waals surface area contributed by atoms with Crippen LogP contribution in [0, 0.1) is 6.92 Å². The molecule has 23 heavy (non-hydrogen) atoms. The zero-order valence-electron chi connectivity index (χ0n) is 12.8. The molecule has 0 atom stereocenters. The summed E-state index contributed by atoms with van der Waals surface area (Å²) in [6.45, 7) is 3.06. The number of carbonyl (C=O) groups excluding carboxylic acids is 2. The number of carbonyl (C=O) groups is 2. The van der Waals surface area contributed by atoms with Gasteiger partial charge in [-0.3, -0.25) is 9.59 Å². The number of aromatic nitrogens is 2. The van der Waals surface area contributed by atoms with Gasteiger partial charge in [0.25, 0.3) is 5.24 Å². The van der Waals surface area contributed by atoms with E-state index < -0.39 is 0 Å². The molecule has 2 heterocycles. The Hall–Kier alpha value is -2.15. The maximum atomic E-state index is 11.8. The molecule has 120 valence electrons. The minimum absolute atomic E-state index is 0.0361. The molecule has 2 aromatic rings. The number of esters is 1. The van der Waals surface area contributed by atoms with Crippen molar-refractivity contribution in [1.29, 1.82) is 0 Å². The Morgan fingerprint density at radius 2 is 2.04 bits per heavy atom. The van der Waals surface area contributed by atoms with Gasteiger partial charge in [0.1, 0.15) is 6.61 Å². The van der Waals surface area contributed by atoms with Crippen LogP contribution in [-0.4, -0.2) is 44.9 Å². The van der Waals surface area contributed by atoms with E-state index >= 15 is 0 Å². The number of nitrogens with zero attached hydrogens (tertiary/aromatic N) is 3. The van der Waals surface area contributed by atoms with E-state index in [2.05, 4.69) is 9.97 Å². The van der Waals surface area contributed by atoms with Gasteiger partial charge >= 0.3 is 5.97 Å². The normalized spacial score (nSPS) is 14.5. The lowest BCUT2D eigenvalue weighted by Crippen LogP contribution is -2.26. The number of hydrogen-bond acceptors (Lipinski definition) is 6. The fraction of sp³-hybridized carbons (Fsp3) is 0.375. The summed E-state index contributed by atoms with van der Waals surface area (Å²) in [4.78, 5) is 33.9. The Morgan fingerprint density at radius 1 is 1.30 bits per heavy atom. The highest BCUT2D eigenvalue weighted by Gasteiger charge is 2.21. The standard InChI is InChI=1S/C16H17N3O3S/c1-11-14(18-13-5-3-2-4-12(13)17-11)10-22-15(20)6-7-19-8-9-23-16(19)21/h2-5H,6-10H2,1H3. The highest BCUT2D eigenvalue weighted by atomic mass is 32.2. The van der Waals surface area contributed by atoms with Crippen LogP contribution in [0.5, 0.6) is 0 Å². The van der Waals surface area contributed by atoms with Crippen LogP contribution in [-0.2, 0) is 16.1 Å². The molecule has 1 aliphatic rings. The number of thioether (sulfide) groups is 1. The maximum Gasteiger partial charge on any atom is 0.307 e. The number of ether oxygens (including phenoxy) is 1. The van der Waals surface area contributed by atoms with E-state index in [1.54, 1.807) is 4.90 Å². The highest BCUT2D eigenvalue weighted by Crippen LogP contribution is 2.17. The lowest BCUT2D eigenvalue weighted by Gasteiger charge is -2.13. The number of hydrogen-bond donors (Lipinski definition) is 0. The molecule has 1 amide bonds. The number of rotatable bonds is 5. The summed E-state index contributed by atoms with van der Waals surface area (Å²) >= 11 is 1.29. The SMILES string of the molecule is Cc1nc2ccccc2nc1COC(=O)CCN1CCSC1=O. The first-order valence-corrected chi connectivity index (χ1v) is 8.41. The summed E-state index contributed by atoms with van der Waals surface area (Å²) in [5.74, 6) is 0.462. The lowest BCUT2D eigenvalue weighted by molar-refractivity contribution is -0.145. The second kappa shape index (κ2) is 6.95. The highest BCUT2D eigenvalue weighted by molar-refractivity contribution is 8.13. The van der Waals surface area contributed by atoms with E-state index in [0.717, 1.165) is 22.5 Å². The van der Waals surface area contributed by atoms with E-state index in [4.69, 9.17) is 4.74 Å². The molecular formula is C16H17N3O3S. The summed E-state index contributed by atoms with van der Waals surface area (Å²) in [7, 11) is 0. The Bertz CT molecular complexity index is 750. The summed E-state index contributed by atoms with van der Waals surface area (Å²) in [6, 6.07) is 7.58. The second-order valence-corrected chi connectivity index (χ2v) is 6.30. The van der Waals surface area contributed by atoms with Crippen LogP contribution in [0.2, 0.25) is 0 Å². The number of benzene rings is 1. The van der Waals surface area contributed by atoms with E-state index in [9.17, 15) is 9.59 Å². The lowest BCUT2D eigenvalue weighted by atomic mass is 10.2. The summed E-state index contributed by atoms with van der Waals surface area (Å²) in [6.07, 6.45) is 0.201. The molecule has 3 rings (SSSR count). The van der Waals surface area contributed by atoms with Crippen LogP contribution < -0.4 is 0 Å². The molecule has 0 spiro atoms. The van der Waals surface area contributed by atoms with E-state index in [1.807, 2.05) is 31.2 Å². The largest absolute Gasteiger partial charge is 0.459 e. The van der Waals surface area contributed by atoms with Gasteiger partial charge in [-0.15, -0.1) is 0 Å². The average molecular weight is 331 g/mol. The van der Waals surface area contributed by atoms with Gasteiger partial charge in [-0.25, -0.2) is 9.97 Å². The Labute approximate surface area is 138 Å². The predicted molar refractivity (Wildman–Crippen MR) is 88.1 cm³/mol. The summed E-state index contributed by atoms with van der Waals surface area (Å²) in [5, 5.41) is 0.0361. The Balaban J connectivity index is 1.56. The van der Waals surface area contributed by atoms with Gasteiger partial charge in [0.2, 0.25) is 0 Å². The first-order chi connectivity index (χ1) is 11.1. The van der Waals surface area contributed by atoms with Crippen LogP contribution in [0.1, 0.15) is 17.8 Å². The number of fused-ring (bicyclic) bond motifs is 1. The van der Waals surface area contributed by atoms with Crippen molar-refractivity contribution in [3.05, 3.63) is 35.7 Å². The van der Waals surface area contributed by atoms with Gasteiger partial charge in [0.05, 0.1) is 28.8 Å². The maximum absolute atomic E-state index is 11.8. The molecule has 0 N–H and O–H groups in total. The second-order valence-electron chi connectivity index (χ2n) is 5.26. The van der Waals surface area contributed by atoms with Gasteiger partial charge in [0, 0.05) is 18.8 Å². The number of aryl methyl sites for hydroxylation is 1. The van der Waals surface area contributed by atoms with Crippen LogP contribution in [0.4, 0.5) is 4.79 Å². The zero-order valence-corrected chi connectivity index (χ0v) is 13.6. The van der Waals surface area contributed by atoms with Crippen molar-refractivity contribution in [1.82, 2.24) is 14.9 Å². The molecule has 0 saturated carbocycles. The van der Waals surface area contributed by atoms with Gasteiger partial charge in [-0.2, -0.15) is 0 Å². The van der Waals surface area contributed by atoms with E-state index in [1.165, 1.54) is 11.8 Å². The topological polar surface area (TPSA) is 72.4 Å². The van der Waals surface area contributed by atoms with Gasteiger partial charge in [-0.1, -0.05) is 23.9 Å². The third-order valence-corrected chi connectivity index (χ3v) is 4.54. The first kappa shape index (κ1) is 15.7. The summed E-state index contributed by atoms with van der Waals surface area (Å²) in [5.41, 5.74) is 3.02. The molecule has 1 fully saturated rings. The molecule has 1 aliphatic heterocycles. The third-order valence-electron chi connectivity index (χ3n) is 3.64. The number of amides is 1. The molecule has 0 aliphatic carbocycles. The molecule has 0 bridgehead atoms. The zero-order chi connectivity index (χ0) is 16.2. The van der Waals surface area contributed by atoms with Crippen molar-refractivity contribution < 1.29 is 14.3 Å². The molecule has 1 saturated heterocycles. The number of para-hydroxylation sites is 2. The van der Waals surface area contributed by atoms with Crippen LogP contribution in [0.25, 0.3) is 11.0 Å². The van der Waals surface area contributed by atoms with Gasteiger partial charge < -0.3 is 9.64 Å². The van der Waals surface area contributed by atoms with Crippen molar-refractivity contribution >= 4 is 34.0 Å². The van der Waals surface area contributed by atoms with E-state index in [0.29, 0.717) is 18.8 Å². The molecule has 0 unspecified atom stereocenters. The van der Waals surface area contributed by atoms with Crippen LogP contribution in [0.15, 0.2) is 24.3 Å². The van der Waals surface area contributed by atoms with Crippen molar-refractivity contribution in [3.63, 3.8) is 0 Å². The molecular weight excluding hydrogens is 314 g/mol. The Kier molecular flexibility index (Phi) is 4.76. The Morgan fingerprint density at radius 3 is 2.74 bits per heavy atom. The molecule has 0 radical (unpaired) electrons. The summed E-state index contributed by atoms with van der Waals surface area (Å²) < 4.78 is 5.27. The average Bonchev–Trinajstić information content (AvgIpc) is 2.96. The smallest absolute Gasteiger partial charge is 0.307 e. The molecule has 7 heteroatoms.